The maximum absolute atomic E-state index is 13.8. The van der Waals surface area contributed by atoms with Crippen LogP contribution in [0.25, 0.3) is 0 Å². The van der Waals surface area contributed by atoms with Crippen molar-refractivity contribution in [2.45, 2.75) is 31.3 Å². The summed E-state index contributed by atoms with van der Waals surface area (Å²) >= 11 is 3.32. The van der Waals surface area contributed by atoms with Crippen molar-refractivity contribution in [3.05, 3.63) is 82.8 Å². The van der Waals surface area contributed by atoms with Crippen LogP contribution in [0.4, 0.5) is 5.69 Å². The van der Waals surface area contributed by atoms with Crippen LogP contribution in [0.1, 0.15) is 19.4 Å². The standard InChI is InChI=1S/C28H32BrN3O6S/c1-5-38-25-14-10-23(11-15-25)32(39(35,36)26-16-8-22(29)9-17-26)19-27(33)31(20(2)28(34)30-3)18-21-6-12-24(37-4)13-7-21/h6-17,20H,5,18-19H2,1-4H3,(H,30,34)/t20-/m1/s1. The highest BCUT2D eigenvalue weighted by molar-refractivity contribution is 9.10. The van der Waals surface area contributed by atoms with Crippen LogP contribution in [0.2, 0.25) is 0 Å². The second-order valence-electron chi connectivity index (χ2n) is 8.55. The Hall–Kier alpha value is -3.57. The third kappa shape index (κ3) is 7.51. The molecule has 0 radical (unpaired) electrons. The Morgan fingerprint density at radius 2 is 1.54 bits per heavy atom. The summed E-state index contributed by atoms with van der Waals surface area (Å²) < 4.78 is 40.1. The molecule has 0 heterocycles. The van der Waals surface area contributed by atoms with E-state index in [4.69, 9.17) is 9.47 Å². The molecular weight excluding hydrogens is 586 g/mol. The molecule has 0 aliphatic rings. The maximum atomic E-state index is 13.8. The summed E-state index contributed by atoms with van der Waals surface area (Å²) in [4.78, 5) is 27.8. The summed E-state index contributed by atoms with van der Waals surface area (Å²) in [5.74, 6) is 0.304. The molecule has 0 spiro atoms. The number of ether oxygens (including phenoxy) is 2. The highest BCUT2D eigenvalue weighted by atomic mass is 79.9. The van der Waals surface area contributed by atoms with Gasteiger partial charge in [-0.2, -0.15) is 0 Å². The Kier molecular flexibility index (Phi) is 10.4. The summed E-state index contributed by atoms with van der Waals surface area (Å²) in [5.41, 5.74) is 1.04. The van der Waals surface area contributed by atoms with Gasteiger partial charge in [0.15, 0.2) is 0 Å². The van der Waals surface area contributed by atoms with Crippen molar-refractivity contribution in [1.82, 2.24) is 10.2 Å². The third-order valence-electron chi connectivity index (χ3n) is 6.04. The van der Waals surface area contributed by atoms with Gasteiger partial charge in [0, 0.05) is 18.1 Å². The fourth-order valence-corrected chi connectivity index (χ4v) is 5.54. The number of amides is 2. The Morgan fingerprint density at radius 1 is 0.949 bits per heavy atom. The number of benzene rings is 3. The van der Waals surface area contributed by atoms with Crippen molar-refractivity contribution in [2.24, 2.45) is 0 Å². The van der Waals surface area contributed by atoms with Crippen LogP contribution in [0.5, 0.6) is 11.5 Å². The Morgan fingerprint density at radius 3 is 2.08 bits per heavy atom. The van der Waals surface area contributed by atoms with Crippen molar-refractivity contribution in [2.75, 3.05) is 31.6 Å². The Balaban J connectivity index is 2.01. The van der Waals surface area contributed by atoms with Crippen molar-refractivity contribution in [1.29, 1.82) is 0 Å². The number of nitrogens with one attached hydrogen (secondary N) is 1. The molecule has 2 amide bonds. The van der Waals surface area contributed by atoms with Crippen molar-refractivity contribution < 1.29 is 27.5 Å². The van der Waals surface area contributed by atoms with Gasteiger partial charge in [0.2, 0.25) is 11.8 Å². The predicted octanol–water partition coefficient (Wildman–Crippen LogP) is 4.22. The number of carbonyl (C=O) groups excluding carboxylic acids is 2. The Bertz CT molecular complexity index is 1360. The van der Waals surface area contributed by atoms with Gasteiger partial charge in [-0.1, -0.05) is 28.1 Å². The quantitative estimate of drug-likeness (QED) is 0.326. The molecule has 3 aromatic rings. The number of rotatable bonds is 12. The van der Waals surface area contributed by atoms with Gasteiger partial charge < -0.3 is 19.7 Å². The maximum Gasteiger partial charge on any atom is 0.264 e. The second kappa shape index (κ2) is 13.5. The molecule has 0 fully saturated rings. The fraction of sp³-hybridized carbons (Fsp3) is 0.286. The van der Waals surface area contributed by atoms with Crippen LogP contribution in [0, 0.1) is 0 Å². The molecule has 11 heteroatoms. The molecule has 39 heavy (non-hydrogen) atoms. The number of sulfonamides is 1. The highest BCUT2D eigenvalue weighted by Crippen LogP contribution is 2.27. The Labute approximate surface area is 237 Å². The van der Waals surface area contributed by atoms with E-state index >= 15 is 0 Å². The molecule has 0 saturated heterocycles. The first-order chi connectivity index (χ1) is 18.6. The minimum atomic E-state index is -4.15. The van der Waals surface area contributed by atoms with Crippen LogP contribution in [-0.4, -0.2) is 58.5 Å². The topological polar surface area (TPSA) is 105 Å². The minimum Gasteiger partial charge on any atom is -0.497 e. The SMILES string of the molecule is CCOc1ccc(N(CC(=O)N(Cc2ccc(OC)cc2)[C@H](C)C(=O)NC)S(=O)(=O)c2ccc(Br)cc2)cc1. The smallest absolute Gasteiger partial charge is 0.264 e. The number of likely N-dealkylation sites (N-methyl/N-ethyl adjacent to an activating group) is 1. The predicted molar refractivity (Wildman–Crippen MR) is 153 cm³/mol. The van der Waals surface area contributed by atoms with Crippen LogP contribution in [0.15, 0.2) is 82.2 Å². The highest BCUT2D eigenvalue weighted by Gasteiger charge is 2.32. The minimum absolute atomic E-state index is 0.0217. The second-order valence-corrected chi connectivity index (χ2v) is 11.3. The number of hydrogen-bond acceptors (Lipinski definition) is 6. The molecule has 0 aromatic heterocycles. The third-order valence-corrected chi connectivity index (χ3v) is 8.36. The van der Waals surface area contributed by atoms with E-state index in [0.717, 1.165) is 14.3 Å². The number of hydrogen-bond donors (Lipinski definition) is 1. The summed E-state index contributed by atoms with van der Waals surface area (Å²) in [7, 11) is -1.11. The van der Waals surface area contributed by atoms with Crippen molar-refractivity contribution in [3.63, 3.8) is 0 Å². The zero-order chi connectivity index (χ0) is 28.6. The van der Waals surface area contributed by atoms with Gasteiger partial charge in [-0.05, 0) is 80.1 Å². The molecule has 0 saturated carbocycles. The first-order valence-electron chi connectivity index (χ1n) is 12.3. The number of carbonyl (C=O) groups is 2. The molecule has 9 nitrogen and oxygen atoms in total. The normalized spacial score (nSPS) is 11.8. The molecule has 0 aliphatic heterocycles. The average Bonchev–Trinajstić information content (AvgIpc) is 2.94. The molecule has 1 N–H and O–H groups in total. The van der Waals surface area contributed by atoms with E-state index in [1.165, 1.54) is 24.1 Å². The van der Waals surface area contributed by atoms with E-state index < -0.39 is 28.5 Å². The molecule has 0 bridgehead atoms. The van der Waals surface area contributed by atoms with Gasteiger partial charge in [0.05, 0.1) is 24.3 Å². The lowest BCUT2D eigenvalue weighted by atomic mass is 10.1. The number of halogens is 1. The van der Waals surface area contributed by atoms with E-state index in [0.29, 0.717) is 18.1 Å². The van der Waals surface area contributed by atoms with Crippen LogP contribution in [0.3, 0.4) is 0 Å². The molecule has 208 valence electrons. The zero-order valence-corrected chi connectivity index (χ0v) is 24.7. The van der Waals surface area contributed by atoms with E-state index in [-0.39, 0.29) is 23.0 Å². The average molecular weight is 619 g/mol. The lowest BCUT2D eigenvalue weighted by Crippen LogP contribution is -2.50. The van der Waals surface area contributed by atoms with Crippen molar-refractivity contribution in [3.8, 4) is 11.5 Å². The summed E-state index contributed by atoms with van der Waals surface area (Å²) in [6.45, 7) is 3.47. The van der Waals surface area contributed by atoms with Gasteiger partial charge >= 0.3 is 0 Å². The zero-order valence-electron chi connectivity index (χ0n) is 22.3. The van der Waals surface area contributed by atoms with Gasteiger partial charge in [-0.15, -0.1) is 0 Å². The largest absolute Gasteiger partial charge is 0.497 e. The molecule has 1 atom stereocenters. The van der Waals surface area contributed by atoms with Crippen LogP contribution < -0.4 is 19.1 Å². The van der Waals surface area contributed by atoms with Crippen LogP contribution >= 0.6 is 15.9 Å². The van der Waals surface area contributed by atoms with Crippen LogP contribution in [-0.2, 0) is 26.2 Å². The summed E-state index contributed by atoms with van der Waals surface area (Å²) in [6, 6.07) is 18.9. The van der Waals surface area contributed by atoms with Gasteiger partial charge in [-0.25, -0.2) is 8.42 Å². The number of anilines is 1. The molecular formula is C28H32BrN3O6S. The van der Waals surface area contributed by atoms with E-state index in [1.807, 2.05) is 6.92 Å². The molecule has 3 rings (SSSR count). The first-order valence-corrected chi connectivity index (χ1v) is 14.5. The monoisotopic (exact) mass is 617 g/mol. The summed E-state index contributed by atoms with van der Waals surface area (Å²) in [6.07, 6.45) is 0. The van der Waals surface area contributed by atoms with E-state index in [2.05, 4.69) is 21.2 Å². The van der Waals surface area contributed by atoms with E-state index in [9.17, 15) is 18.0 Å². The van der Waals surface area contributed by atoms with Crippen molar-refractivity contribution >= 4 is 43.5 Å². The fourth-order valence-electron chi connectivity index (χ4n) is 3.86. The van der Waals surface area contributed by atoms with Gasteiger partial charge in [0.1, 0.15) is 24.1 Å². The molecule has 0 aliphatic carbocycles. The first kappa shape index (κ1) is 30.0. The number of nitrogens with zero attached hydrogens (tertiary/aromatic N) is 2. The lowest BCUT2D eigenvalue weighted by Gasteiger charge is -2.31. The lowest BCUT2D eigenvalue weighted by molar-refractivity contribution is -0.139. The number of methoxy groups -OCH3 is 1. The molecule has 3 aromatic carbocycles. The summed E-state index contributed by atoms with van der Waals surface area (Å²) in [5, 5.41) is 2.57. The van der Waals surface area contributed by atoms with E-state index in [1.54, 1.807) is 74.7 Å². The van der Waals surface area contributed by atoms with Gasteiger partial charge in [0.25, 0.3) is 10.0 Å². The molecule has 0 unspecified atom stereocenters. The van der Waals surface area contributed by atoms with Gasteiger partial charge in [-0.3, -0.25) is 13.9 Å².